The number of hydrogen-bond acceptors (Lipinski definition) is 7. The molecule has 0 spiro atoms. The molecule has 6 nitrogen and oxygen atoms in total. The van der Waals surface area contributed by atoms with Gasteiger partial charge in [-0.05, 0) is 18.4 Å². The van der Waals surface area contributed by atoms with Crippen LogP contribution in [0.15, 0.2) is 40.2 Å². The van der Waals surface area contributed by atoms with Crippen LogP contribution in [0.1, 0.15) is 10.4 Å². The highest BCUT2D eigenvalue weighted by molar-refractivity contribution is 7.98. The van der Waals surface area contributed by atoms with Gasteiger partial charge in [0, 0.05) is 12.4 Å². The van der Waals surface area contributed by atoms with Crippen molar-refractivity contribution >= 4 is 28.8 Å². The van der Waals surface area contributed by atoms with Gasteiger partial charge in [-0.25, -0.2) is 19.7 Å². The van der Waals surface area contributed by atoms with E-state index in [9.17, 15) is 4.79 Å². The van der Waals surface area contributed by atoms with Crippen molar-refractivity contribution in [3.63, 3.8) is 0 Å². The first-order valence-electron chi connectivity index (χ1n) is 6.07. The molecule has 1 aromatic carbocycles. The van der Waals surface area contributed by atoms with Crippen LogP contribution >= 0.6 is 11.8 Å². The first kappa shape index (κ1) is 13.6. The minimum Gasteiger partial charge on any atom is -0.465 e. The highest BCUT2D eigenvalue weighted by Gasteiger charge is 2.17. The molecule has 3 aromatic rings. The fourth-order valence-electron chi connectivity index (χ4n) is 1.88. The zero-order valence-corrected chi connectivity index (χ0v) is 12.2. The summed E-state index contributed by atoms with van der Waals surface area (Å²) in [6.07, 6.45) is 5.18. The smallest absolute Gasteiger partial charge is 0.341 e. The molecule has 0 radical (unpaired) electrons. The number of methoxy groups -OCH3 is 1. The number of carbonyl (C=O) groups excluding carboxylic acids is 1. The Labute approximate surface area is 124 Å². The van der Waals surface area contributed by atoms with E-state index in [0.29, 0.717) is 33.3 Å². The third-order valence-electron chi connectivity index (χ3n) is 2.88. The highest BCUT2D eigenvalue weighted by Crippen LogP contribution is 2.26. The third kappa shape index (κ3) is 2.47. The molecule has 0 aliphatic heterocycles. The van der Waals surface area contributed by atoms with Crippen molar-refractivity contribution in [2.24, 2.45) is 0 Å². The van der Waals surface area contributed by atoms with Crippen LogP contribution in [0.2, 0.25) is 0 Å². The normalized spacial score (nSPS) is 10.8. The number of fused-ring (bicyclic) bond motifs is 1. The summed E-state index contributed by atoms with van der Waals surface area (Å²) in [7, 11) is 1.33. The van der Waals surface area contributed by atoms with Gasteiger partial charge < -0.3 is 9.15 Å². The fourth-order valence-corrected chi connectivity index (χ4v) is 2.19. The first-order valence-corrected chi connectivity index (χ1v) is 7.29. The van der Waals surface area contributed by atoms with Crippen LogP contribution in [0.4, 0.5) is 0 Å². The number of para-hydroxylation sites is 1. The van der Waals surface area contributed by atoms with E-state index in [1.54, 1.807) is 30.6 Å². The van der Waals surface area contributed by atoms with E-state index in [-0.39, 0.29) is 0 Å². The van der Waals surface area contributed by atoms with E-state index < -0.39 is 5.97 Å². The third-order valence-corrected chi connectivity index (χ3v) is 3.45. The van der Waals surface area contributed by atoms with Crippen LogP contribution < -0.4 is 0 Å². The average Bonchev–Trinajstić information content (AvgIpc) is 2.98. The molecule has 0 amide bonds. The molecule has 0 aliphatic rings. The van der Waals surface area contributed by atoms with E-state index in [2.05, 4.69) is 15.0 Å². The summed E-state index contributed by atoms with van der Waals surface area (Å²) in [5.41, 5.74) is 1.98. The van der Waals surface area contributed by atoms with Crippen molar-refractivity contribution in [1.82, 2.24) is 15.0 Å². The largest absolute Gasteiger partial charge is 0.465 e. The number of ether oxygens (including phenoxy) is 1. The lowest BCUT2D eigenvalue weighted by Crippen LogP contribution is -2.00. The van der Waals surface area contributed by atoms with Crippen molar-refractivity contribution in [3.8, 4) is 11.5 Å². The topological polar surface area (TPSA) is 78.1 Å². The van der Waals surface area contributed by atoms with Gasteiger partial charge in [0.25, 0.3) is 0 Å². The minimum atomic E-state index is -0.461. The molecule has 0 saturated carbocycles. The molecule has 2 aromatic heterocycles. The number of carbonyl (C=O) groups is 1. The number of nitrogens with zero attached hydrogens (tertiary/aromatic N) is 3. The molecule has 0 N–H and O–H groups in total. The van der Waals surface area contributed by atoms with Crippen molar-refractivity contribution in [2.75, 3.05) is 13.4 Å². The molecule has 0 fully saturated rings. The van der Waals surface area contributed by atoms with Gasteiger partial charge in [0.1, 0.15) is 11.1 Å². The molecule has 7 heteroatoms. The maximum Gasteiger partial charge on any atom is 0.341 e. The fraction of sp³-hybridized carbons (Fsp3) is 0.143. The van der Waals surface area contributed by atoms with E-state index in [1.165, 1.54) is 18.9 Å². The Hall–Kier alpha value is -2.41. The molecule has 0 bridgehead atoms. The molecule has 21 heavy (non-hydrogen) atoms. The van der Waals surface area contributed by atoms with Crippen LogP contribution in [0, 0.1) is 0 Å². The molecule has 2 heterocycles. The second kappa shape index (κ2) is 5.53. The van der Waals surface area contributed by atoms with Crippen molar-refractivity contribution in [1.29, 1.82) is 0 Å². The molecule has 0 aliphatic carbocycles. The quantitative estimate of drug-likeness (QED) is 0.418. The highest BCUT2D eigenvalue weighted by atomic mass is 32.2. The van der Waals surface area contributed by atoms with Crippen LogP contribution in [0.25, 0.3) is 22.6 Å². The zero-order chi connectivity index (χ0) is 14.8. The van der Waals surface area contributed by atoms with Crippen LogP contribution in [-0.4, -0.2) is 34.3 Å². The molecule has 0 unspecified atom stereocenters. The Morgan fingerprint density at radius 2 is 2.05 bits per heavy atom. The van der Waals surface area contributed by atoms with Crippen molar-refractivity contribution in [2.45, 2.75) is 5.16 Å². The summed E-state index contributed by atoms with van der Waals surface area (Å²) >= 11 is 1.45. The Kier molecular flexibility index (Phi) is 3.57. The van der Waals surface area contributed by atoms with Crippen LogP contribution in [0.3, 0.4) is 0 Å². The standard InChI is InChI=1S/C14H11N3O3S/c1-19-13(18)9-4-3-5-10-11(9)20-12(17-10)8-6-15-14(21-2)16-7-8/h3-7H,1-2H3. The van der Waals surface area contributed by atoms with Crippen LogP contribution in [0.5, 0.6) is 0 Å². The van der Waals surface area contributed by atoms with Crippen LogP contribution in [-0.2, 0) is 4.74 Å². The van der Waals surface area contributed by atoms with Gasteiger partial charge >= 0.3 is 5.97 Å². The van der Waals surface area contributed by atoms with E-state index in [4.69, 9.17) is 9.15 Å². The Balaban J connectivity index is 2.10. The number of esters is 1. The number of thioether (sulfide) groups is 1. The lowest BCUT2D eigenvalue weighted by Gasteiger charge is -1.98. The lowest BCUT2D eigenvalue weighted by atomic mass is 10.2. The molecular formula is C14H11N3O3S. The van der Waals surface area contributed by atoms with Gasteiger partial charge in [0.05, 0.1) is 12.7 Å². The van der Waals surface area contributed by atoms with Crippen molar-refractivity contribution < 1.29 is 13.9 Å². The molecule has 0 atom stereocenters. The number of aromatic nitrogens is 3. The van der Waals surface area contributed by atoms with E-state index in [1.807, 2.05) is 6.26 Å². The Morgan fingerprint density at radius 3 is 2.71 bits per heavy atom. The minimum absolute atomic E-state index is 0.343. The zero-order valence-electron chi connectivity index (χ0n) is 11.4. The summed E-state index contributed by atoms with van der Waals surface area (Å²) < 4.78 is 10.4. The molecule has 0 saturated heterocycles. The molecular weight excluding hydrogens is 290 g/mol. The van der Waals surface area contributed by atoms with Gasteiger partial charge in [-0.1, -0.05) is 17.8 Å². The summed E-state index contributed by atoms with van der Waals surface area (Å²) in [6, 6.07) is 5.14. The van der Waals surface area contributed by atoms with E-state index in [0.717, 1.165) is 0 Å². The van der Waals surface area contributed by atoms with Gasteiger partial charge in [0.2, 0.25) is 5.89 Å². The van der Waals surface area contributed by atoms with Gasteiger partial charge in [-0.3, -0.25) is 0 Å². The summed E-state index contributed by atoms with van der Waals surface area (Å²) in [6.45, 7) is 0. The summed E-state index contributed by atoms with van der Waals surface area (Å²) in [4.78, 5) is 24.4. The maximum absolute atomic E-state index is 11.7. The summed E-state index contributed by atoms with van der Waals surface area (Å²) in [5.74, 6) is -0.0914. The SMILES string of the molecule is COC(=O)c1cccc2nc(-c3cnc(SC)nc3)oc12. The van der Waals surface area contributed by atoms with Gasteiger partial charge in [-0.2, -0.15) is 0 Å². The molecule has 106 valence electrons. The number of benzene rings is 1. The predicted molar refractivity (Wildman–Crippen MR) is 78.2 cm³/mol. The second-order valence-corrected chi connectivity index (χ2v) is 4.90. The predicted octanol–water partition coefficient (Wildman–Crippen LogP) is 2.79. The average molecular weight is 301 g/mol. The maximum atomic E-state index is 11.7. The Bertz CT molecular complexity index is 799. The monoisotopic (exact) mass is 301 g/mol. The number of hydrogen-bond donors (Lipinski definition) is 0. The van der Waals surface area contributed by atoms with E-state index >= 15 is 0 Å². The summed E-state index contributed by atoms with van der Waals surface area (Å²) in [5, 5.41) is 0.671. The number of oxazole rings is 1. The lowest BCUT2D eigenvalue weighted by molar-refractivity contribution is 0.0602. The van der Waals surface area contributed by atoms with Gasteiger partial charge in [0.15, 0.2) is 10.7 Å². The second-order valence-electron chi connectivity index (χ2n) is 4.12. The number of rotatable bonds is 3. The Morgan fingerprint density at radius 1 is 1.29 bits per heavy atom. The molecule has 3 rings (SSSR count). The van der Waals surface area contributed by atoms with Gasteiger partial charge in [-0.15, -0.1) is 0 Å². The van der Waals surface area contributed by atoms with Crippen molar-refractivity contribution in [3.05, 3.63) is 36.2 Å². The first-order chi connectivity index (χ1) is 10.2.